The molecule has 6 heteroatoms. The monoisotopic (exact) mass is 466 g/mol. The Morgan fingerprint density at radius 2 is 2.19 bits per heavy atom. The number of rotatable bonds is 2. The van der Waals surface area contributed by atoms with E-state index in [9.17, 15) is 4.79 Å². The molecule has 5 nitrogen and oxygen atoms in total. The molecule has 0 fully saturated rings. The molecule has 109 valence electrons. The van der Waals surface area contributed by atoms with E-state index < -0.39 is 42.5 Å². The zero-order valence-electron chi connectivity index (χ0n) is 17.3. The van der Waals surface area contributed by atoms with Crippen LogP contribution in [0.3, 0.4) is 0 Å². The maximum atomic E-state index is 10.1. The molecule has 0 aliphatic heterocycles. The van der Waals surface area contributed by atoms with Crippen LogP contribution in [0.15, 0.2) is 67.0 Å². The fourth-order valence-electron chi connectivity index (χ4n) is 1.12. The maximum Gasteiger partial charge on any atom is 0.354 e. The number of aromatic carboxylic acids is 1. The second-order valence-electron chi connectivity index (χ2n) is 3.25. The van der Waals surface area contributed by atoms with Gasteiger partial charge in [-0.1, -0.05) is 6.07 Å². The van der Waals surface area contributed by atoms with Crippen LogP contribution < -0.4 is 0 Å². The van der Waals surface area contributed by atoms with Gasteiger partial charge in [-0.05, 0) is 26.6 Å². The number of pyridine rings is 1. The third-order valence-corrected chi connectivity index (χ3v) is 1.95. The van der Waals surface area contributed by atoms with Crippen molar-refractivity contribution in [3.8, 4) is 5.69 Å². The number of carboxylic acids is 1. The van der Waals surface area contributed by atoms with Gasteiger partial charge in [0.05, 0.1) is 4.11 Å². The van der Waals surface area contributed by atoms with Crippen molar-refractivity contribution in [1.29, 1.82) is 0 Å². The van der Waals surface area contributed by atoms with Crippen LogP contribution >= 0.6 is 0 Å². The number of aromatic nitrogens is 3. The van der Waals surface area contributed by atoms with Gasteiger partial charge >= 0.3 is 5.97 Å². The largest absolute Gasteiger partial charge is 0.477 e. The summed E-state index contributed by atoms with van der Waals surface area (Å²) in [4.78, 5) is 13.7. The quantitative estimate of drug-likeness (QED) is 0.591. The standard InChI is InChI=1S/C9H7N2.C6H5NO2.Ir/c1-2-5-9(6-3-1)11-8-4-7-10-11;8-6(9)5-3-1-2-4-7-5;/h1-5,7-8H;1-4H,(H,8,9);/q-1;;/i1D,2D,3D,4D,5D,7D,8D;;. The molecule has 3 rings (SSSR count). The minimum Gasteiger partial charge on any atom is -0.477 e. The molecule has 1 radical (unpaired) electrons. The molecule has 2 heterocycles. The fourth-order valence-corrected chi connectivity index (χ4v) is 1.12. The van der Waals surface area contributed by atoms with Crippen molar-refractivity contribution in [2.75, 3.05) is 0 Å². The maximum absolute atomic E-state index is 10.1. The molecule has 0 spiro atoms. The zero-order valence-corrected chi connectivity index (χ0v) is 12.7. The fraction of sp³-hybridized carbons (Fsp3) is 0. The van der Waals surface area contributed by atoms with Gasteiger partial charge in [0, 0.05) is 41.4 Å². The Bertz CT molecular complexity index is 999. The van der Waals surface area contributed by atoms with Gasteiger partial charge in [0.15, 0.2) is 0 Å². The van der Waals surface area contributed by atoms with Gasteiger partial charge in [-0.2, -0.15) is 29.3 Å². The topological polar surface area (TPSA) is 68.0 Å². The number of carboxylic acid groups (broad SMARTS) is 1. The van der Waals surface area contributed by atoms with Crippen LogP contribution in [0.25, 0.3) is 5.69 Å². The van der Waals surface area contributed by atoms with E-state index in [1.165, 1.54) is 12.3 Å². The Morgan fingerprint density at radius 1 is 1.33 bits per heavy atom. The van der Waals surface area contributed by atoms with Crippen LogP contribution in [-0.4, -0.2) is 25.8 Å². The van der Waals surface area contributed by atoms with Gasteiger partial charge < -0.3 is 5.11 Å². The number of hydrogen-bond donors (Lipinski definition) is 1. The van der Waals surface area contributed by atoms with E-state index in [-0.39, 0.29) is 37.5 Å². The first kappa shape index (κ1) is 8.87. The molecule has 0 saturated heterocycles. The third-order valence-electron chi connectivity index (χ3n) is 1.95. The summed E-state index contributed by atoms with van der Waals surface area (Å²) in [7, 11) is 0. The molecule has 1 aromatic carbocycles. The number of hydrogen-bond acceptors (Lipinski definition) is 3. The molecule has 0 saturated carbocycles. The average Bonchev–Trinajstić information content (AvgIpc) is 2.91. The Labute approximate surface area is 145 Å². The molecule has 0 aliphatic rings. The van der Waals surface area contributed by atoms with Crippen molar-refractivity contribution in [3.05, 3.63) is 78.7 Å². The predicted molar refractivity (Wildman–Crippen MR) is 73.6 cm³/mol. The van der Waals surface area contributed by atoms with Gasteiger partial charge in [0.25, 0.3) is 0 Å². The summed E-state index contributed by atoms with van der Waals surface area (Å²) >= 11 is 0. The van der Waals surface area contributed by atoms with E-state index in [0.717, 1.165) is 4.68 Å². The third kappa shape index (κ3) is 5.30. The van der Waals surface area contributed by atoms with Crippen LogP contribution in [0.2, 0.25) is 0 Å². The van der Waals surface area contributed by atoms with Gasteiger partial charge in [-0.15, -0.1) is 6.04 Å². The first-order valence-corrected chi connectivity index (χ1v) is 5.32. The summed E-state index contributed by atoms with van der Waals surface area (Å²) < 4.78 is 53.0. The minimum atomic E-state index is -0.990. The first-order chi connectivity index (χ1) is 12.6. The number of carbonyl (C=O) groups is 1. The van der Waals surface area contributed by atoms with Gasteiger partial charge in [-0.25, -0.2) is 9.78 Å². The number of para-hydroxylation sites is 1. The summed E-state index contributed by atoms with van der Waals surface area (Å²) in [5, 5.41) is 11.9. The summed E-state index contributed by atoms with van der Waals surface area (Å²) in [5.74, 6) is -0.990. The minimum absolute atomic E-state index is 0. The summed E-state index contributed by atoms with van der Waals surface area (Å²) in [6.07, 6.45) is 0.603. The molecular formula is C15H12IrN3O2-. The second-order valence-corrected chi connectivity index (χ2v) is 3.25. The molecule has 0 atom stereocenters. The zero-order chi connectivity index (χ0) is 20.3. The average molecular weight is 466 g/mol. The van der Waals surface area contributed by atoms with Gasteiger partial charge in [-0.3, -0.25) is 4.68 Å². The van der Waals surface area contributed by atoms with E-state index in [0.29, 0.717) is 0 Å². The van der Waals surface area contributed by atoms with Crippen LogP contribution in [0.4, 0.5) is 0 Å². The van der Waals surface area contributed by atoms with Crippen molar-refractivity contribution >= 4 is 5.97 Å². The van der Waals surface area contributed by atoms with E-state index in [4.69, 9.17) is 14.7 Å². The smallest absolute Gasteiger partial charge is 0.354 e. The van der Waals surface area contributed by atoms with Crippen molar-refractivity contribution in [3.63, 3.8) is 0 Å². The molecule has 0 aliphatic carbocycles. The summed E-state index contributed by atoms with van der Waals surface area (Å²) in [6.45, 7) is 0. The van der Waals surface area contributed by atoms with E-state index in [2.05, 4.69) is 16.1 Å². The van der Waals surface area contributed by atoms with Crippen molar-refractivity contribution in [1.82, 2.24) is 14.8 Å². The number of nitrogens with zero attached hydrogens (tertiary/aromatic N) is 3. The summed E-state index contributed by atoms with van der Waals surface area (Å²) in [6, 6.07) is 5.01. The van der Waals surface area contributed by atoms with E-state index in [1.54, 1.807) is 12.1 Å². The molecule has 0 unspecified atom stereocenters. The van der Waals surface area contributed by atoms with Crippen LogP contribution in [0, 0.1) is 6.07 Å². The van der Waals surface area contributed by atoms with Gasteiger partial charge in [0.1, 0.15) is 5.69 Å². The molecule has 0 amide bonds. The van der Waals surface area contributed by atoms with Crippen LogP contribution in [-0.2, 0) is 20.1 Å². The van der Waals surface area contributed by atoms with Crippen molar-refractivity contribution < 1.29 is 39.6 Å². The normalized spacial score (nSPS) is 13.6. The Morgan fingerprint density at radius 3 is 2.76 bits per heavy atom. The Kier molecular flexibility index (Phi) is 3.71. The van der Waals surface area contributed by atoms with Crippen LogP contribution in [0.5, 0.6) is 0 Å². The van der Waals surface area contributed by atoms with Crippen molar-refractivity contribution in [2.24, 2.45) is 0 Å². The van der Waals surface area contributed by atoms with E-state index in [1.807, 2.05) is 0 Å². The molecule has 1 N–H and O–H groups in total. The SMILES string of the molecule is O=C(O)c1ccccn1.[2H]c1[c-]c(-n2nc([2H])c([2H])c2[2H])c([2H])c([2H])c1[2H].[Ir]. The Balaban J connectivity index is 0.000000332. The molecular weight excluding hydrogens is 446 g/mol. The van der Waals surface area contributed by atoms with E-state index >= 15 is 0 Å². The molecule has 21 heavy (non-hydrogen) atoms. The molecule has 3 aromatic rings. The molecule has 0 bridgehead atoms. The Hall–Kier alpha value is -2.30. The van der Waals surface area contributed by atoms with Crippen molar-refractivity contribution in [2.45, 2.75) is 0 Å². The first-order valence-electron chi connectivity index (χ1n) is 8.82. The number of benzene rings is 1. The molecule has 2 aromatic heterocycles. The van der Waals surface area contributed by atoms with Crippen LogP contribution in [0.1, 0.15) is 20.1 Å². The predicted octanol–water partition coefficient (Wildman–Crippen LogP) is 2.45. The summed E-state index contributed by atoms with van der Waals surface area (Å²) in [5.41, 5.74) is -0.0875. The van der Waals surface area contributed by atoms with Gasteiger partial charge in [0.2, 0.25) is 0 Å². The second kappa shape index (κ2) is 8.79.